The molecule has 0 saturated carbocycles. The van der Waals surface area contributed by atoms with Crippen molar-refractivity contribution in [2.75, 3.05) is 0 Å². The molecule has 0 saturated heterocycles. The van der Waals surface area contributed by atoms with E-state index in [9.17, 15) is 9.59 Å². The Labute approximate surface area is 104 Å². The Kier molecular flexibility index (Phi) is 3.77. The topological polar surface area (TPSA) is 56.5 Å². The lowest BCUT2D eigenvalue weighted by atomic mass is 10.2. The quantitative estimate of drug-likeness (QED) is 0.473. The van der Waals surface area contributed by atoms with E-state index >= 15 is 0 Å². The van der Waals surface area contributed by atoms with Gasteiger partial charge in [0.25, 0.3) is 0 Å². The minimum absolute atomic E-state index is 0.269. The highest BCUT2D eigenvalue weighted by atomic mass is 16.5. The van der Waals surface area contributed by atoms with E-state index in [0.29, 0.717) is 17.8 Å². The van der Waals surface area contributed by atoms with E-state index < -0.39 is 5.63 Å². The summed E-state index contributed by atoms with van der Waals surface area (Å²) in [6.45, 7) is 2.01. The first-order valence-electron chi connectivity index (χ1n) is 5.93. The Morgan fingerprint density at radius 3 is 2.83 bits per heavy atom. The molecule has 4 heteroatoms. The summed E-state index contributed by atoms with van der Waals surface area (Å²) in [5.74, 6) is 0.132. The van der Waals surface area contributed by atoms with Gasteiger partial charge < -0.3 is 9.15 Å². The molecule has 2 aromatic rings. The van der Waals surface area contributed by atoms with Crippen molar-refractivity contribution in [1.82, 2.24) is 0 Å². The second kappa shape index (κ2) is 5.49. The van der Waals surface area contributed by atoms with Crippen LogP contribution in [0.5, 0.6) is 5.75 Å². The van der Waals surface area contributed by atoms with Gasteiger partial charge in [-0.25, -0.2) is 4.79 Å². The molecule has 0 unspecified atom stereocenters. The number of hydrogen-bond acceptors (Lipinski definition) is 4. The molecule has 2 rings (SSSR count). The number of esters is 1. The van der Waals surface area contributed by atoms with Gasteiger partial charge in [-0.05, 0) is 24.6 Å². The first-order valence-corrected chi connectivity index (χ1v) is 5.93. The molecule has 0 amide bonds. The third kappa shape index (κ3) is 2.97. The van der Waals surface area contributed by atoms with E-state index in [0.717, 1.165) is 18.2 Å². The molecular formula is C14H14O4. The average Bonchev–Trinajstić information content (AvgIpc) is 2.36. The summed E-state index contributed by atoms with van der Waals surface area (Å²) in [5, 5.41) is 0.794. The Balaban J connectivity index is 2.19. The monoisotopic (exact) mass is 246 g/mol. The van der Waals surface area contributed by atoms with Gasteiger partial charge in [-0.2, -0.15) is 0 Å². The molecular weight excluding hydrogens is 232 g/mol. The summed E-state index contributed by atoms with van der Waals surface area (Å²) in [6.07, 6.45) is 2.15. The number of carbonyl (C=O) groups is 1. The van der Waals surface area contributed by atoms with E-state index in [-0.39, 0.29) is 5.97 Å². The zero-order chi connectivity index (χ0) is 13.0. The number of carbonyl (C=O) groups excluding carboxylic acids is 1. The second-order valence-electron chi connectivity index (χ2n) is 4.03. The maximum atomic E-state index is 11.5. The van der Waals surface area contributed by atoms with Crippen LogP contribution in [-0.2, 0) is 4.79 Å². The van der Waals surface area contributed by atoms with Crippen LogP contribution < -0.4 is 10.4 Å². The molecule has 18 heavy (non-hydrogen) atoms. The van der Waals surface area contributed by atoms with Crippen LogP contribution in [0, 0.1) is 0 Å². The summed E-state index contributed by atoms with van der Waals surface area (Å²) in [4.78, 5) is 22.5. The molecule has 0 aliphatic heterocycles. The summed E-state index contributed by atoms with van der Waals surface area (Å²) in [6, 6.07) is 8.02. The molecule has 0 aliphatic carbocycles. The molecule has 1 heterocycles. The lowest BCUT2D eigenvalue weighted by Gasteiger charge is -2.04. The lowest BCUT2D eigenvalue weighted by molar-refractivity contribution is -0.134. The SMILES string of the molecule is CCCCC(=O)Oc1ccc2ccc(=O)oc2c1. The van der Waals surface area contributed by atoms with Crippen LogP contribution in [0.25, 0.3) is 11.0 Å². The van der Waals surface area contributed by atoms with Crippen molar-refractivity contribution in [3.05, 3.63) is 40.8 Å². The number of fused-ring (bicyclic) bond motifs is 1. The normalized spacial score (nSPS) is 10.5. The highest BCUT2D eigenvalue weighted by Gasteiger charge is 2.06. The number of rotatable bonds is 4. The smallest absolute Gasteiger partial charge is 0.336 e. The molecule has 0 atom stereocenters. The first kappa shape index (κ1) is 12.4. The molecule has 0 fully saturated rings. The first-order chi connectivity index (χ1) is 8.69. The predicted octanol–water partition coefficient (Wildman–Crippen LogP) is 2.89. The van der Waals surface area contributed by atoms with Crippen LogP contribution in [-0.4, -0.2) is 5.97 Å². The lowest BCUT2D eigenvalue weighted by Crippen LogP contribution is -2.07. The molecule has 0 radical (unpaired) electrons. The van der Waals surface area contributed by atoms with Crippen LogP contribution in [0.2, 0.25) is 0 Å². The maximum Gasteiger partial charge on any atom is 0.336 e. The molecule has 4 nitrogen and oxygen atoms in total. The third-order valence-corrected chi connectivity index (χ3v) is 2.56. The maximum absolute atomic E-state index is 11.5. The number of hydrogen-bond donors (Lipinski definition) is 0. The molecule has 1 aromatic carbocycles. The highest BCUT2D eigenvalue weighted by molar-refractivity contribution is 5.79. The fourth-order valence-corrected chi connectivity index (χ4v) is 1.61. The Morgan fingerprint density at radius 2 is 2.06 bits per heavy atom. The third-order valence-electron chi connectivity index (χ3n) is 2.56. The van der Waals surface area contributed by atoms with Crippen molar-refractivity contribution >= 4 is 16.9 Å². The van der Waals surface area contributed by atoms with Gasteiger partial charge in [0.2, 0.25) is 0 Å². The zero-order valence-corrected chi connectivity index (χ0v) is 10.1. The van der Waals surface area contributed by atoms with Crippen molar-refractivity contribution in [3.63, 3.8) is 0 Å². The van der Waals surface area contributed by atoms with E-state index in [4.69, 9.17) is 9.15 Å². The second-order valence-corrected chi connectivity index (χ2v) is 4.03. The van der Waals surface area contributed by atoms with E-state index in [1.54, 1.807) is 24.3 Å². The van der Waals surface area contributed by atoms with Crippen LogP contribution >= 0.6 is 0 Å². The number of benzene rings is 1. The van der Waals surface area contributed by atoms with Crippen molar-refractivity contribution in [2.24, 2.45) is 0 Å². The van der Waals surface area contributed by atoms with Gasteiger partial charge >= 0.3 is 11.6 Å². The Hall–Kier alpha value is -2.10. The minimum Gasteiger partial charge on any atom is -0.426 e. The van der Waals surface area contributed by atoms with Crippen LogP contribution in [0.1, 0.15) is 26.2 Å². The molecule has 0 aliphatic rings. The van der Waals surface area contributed by atoms with Crippen LogP contribution in [0.3, 0.4) is 0 Å². The average molecular weight is 246 g/mol. The fraction of sp³-hybridized carbons (Fsp3) is 0.286. The van der Waals surface area contributed by atoms with Gasteiger partial charge in [0.1, 0.15) is 11.3 Å². The van der Waals surface area contributed by atoms with E-state index in [2.05, 4.69) is 0 Å². The summed E-state index contributed by atoms with van der Waals surface area (Å²) in [7, 11) is 0. The van der Waals surface area contributed by atoms with E-state index in [1.807, 2.05) is 6.92 Å². The largest absolute Gasteiger partial charge is 0.426 e. The number of ether oxygens (including phenoxy) is 1. The predicted molar refractivity (Wildman–Crippen MR) is 67.6 cm³/mol. The van der Waals surface area contributed by atoms with Gasteiger partial charge in [0.15, 0.2) is 0 Å². The van der Waals surface area contributed by atoms with Crippen LogP contribution in [0.4, 0.5) is 0 Å². The van der Waals surface area contributed by atoms with Crippen molar-refractivity contribution in [2.45, 2.75) is 26.2 Å². The van der Waals surface area contributed by atoms with E-state index in [1.165, 1.54) is 6.07 Å². The number of unbranched alkanes of at least 4 members (excludes halogenated alkanes) is 1. The highest BCUT2D eigenvalue weighted by Crippen LogP contribution is 2.19. The summed E-state index contributed by atoms with van der Waals surface area (Å²) >= 11 is 0. The minimum atomic E-state index is -0.419. The van der Waals surface area contributed by atoms with Gasteiger partial charge in [-0.3, -0.25) is 4.79 Å². The van der Waals surface area contributed by atoms with Crippen molar-refractivity contribution in [3.8, 4) is 5.75 Å². The molecule has 0 bridgehead atoms. The fourth-order valence-electron chi connectivity index (χ4n) is 1.61. The Bertz CT molecular complexity index is 612. The summed E-state index contributed by atoms with van der Waals surface area (Å²) in [5.41, 5.74) is 0.000232. The van der Waals surface area contributed by atoms with Crippen molar-refractivity contribution < 1.29 is 13.9 Å². The molecule has 0 spiro atoms. The Morgan fingerprint density at radius 1 is 1.28 bits per heavy atom. The van der Waals surface area contributed by atoms with Gasteiger partial charge in [0.05, 0.1) is 0 Å². The molecule has 94 valence electrons. The van der Waals surface area contributed by atoms with Crippen LogP contribution in [0.15, 0.2) is 39.5 Å². The van der Waals surface area contributed by atoms with Gasteiger partial charge in [-0.1, -0.05) is 13.3 Å². The van der Waals surface area contributed by atoms with Gasteiger partial charge in [-0.15, -0.1) is 0 Å². The zero-order valence-electron chi connectivity index (χ0n) is 10.1. The van der Waals surface area contributed by atoms with Gasteiger partial charge in [0, 0.05) is 23.9 Å². The standard InChI is InChI=1S/C14H14O4/c1-2-3-4-13(15)17-11-7-5-10-6-8-14(16)18-12(10)9-11/h5-9H,2-4H2,1H3. The molecule has 0 N–H and O–H groups in total. The van der Waals surface area contributed by atoms with Crippen molar-refractivity contribution in [1.29, 1.82) is 0 Å². The molecule has 1 aromatic heterocycles. The summed E-state index contributed by atoms with van der Waals surface area (Å²) < 4.78 is 10.2.